The smallest absolute Gasteiger partial charge is 0.340 e. The molecule has 1 aromatic heterocycles. The maximum absolute atomic E-state index is 12.3. The van der Waals surface area contributed by atoms with E-state index in [1.165, 1.54) is 29.5 Å². The number of carbonyl (C=O) groups is 3. The second kappa shape index (κ2) is 9.94. The topological polar surface area (TPSA) is 84.5 Å². The number of hydrogen-bond donors (Lipinski definition) is 2. The molecule has 2 aromatic rings. The summed E-state index contributed by atoms with van der Waals surface area (Å²) in [6, 6.07) is 7.85. The van der Waals surface area contributed by atoms with Gasteiger partial charge in [-0.25, -0.2) is 4.79 Å². The number of halogens is 1. The molecule has 138 valence electrons. The van der Waals surface area contributed by atoms with E-state index < -0.39 is 5.97 Å². The number of esters is 1. The molecule has 0 radical (unpaired) electrons. The third kappa shape index (κ3) is 5.86. The predicted molar refractivity (Wildman–Crippen MR) is 102 cm³/mol. The van der Waals surface area contributed by atoms with Crippen LogP contribution in [0.4, 0.5) is 5.69 Å². The van der Waals surface area contributed by atoms with Gasteiger partial charge in [-0.3, -0.25) is 9.59 Å². The summed E-state index contributed by atoms with van der Waals surface area (Å²) in [5.41, 5.74) is 0.355. The van der Waals surface area contributed by atoms with Crippen LogP contribution in [0.3, 0.4) is 0 Å². The monoisotopic (exact) mass is 394 g/mol. The van der Waals surface area contributed by atoms with E-state index in [1.54, 1.807) is 17.5 Å². The number of hydrogen-bond acceptors (Lipinski definition) is 5. The standard InChI is InChI=1S/C18H19ClN2O4S/c1-2-3-8-20-16(22)11-25-18(24)13-7-6-12(19)10-14(13)21-17(23)15-5-4-9-26-15/h4-7,9-10H,2-3,8,11H2,1H3,(H,20,22)(H,21,23). The van der Waals surface area contributed by atoms with Crippen LogP contribution in [-0.2, 0) is 9.53 Å². The molecule has 0 aliphatic rings. The summed E-state index contributed by atoms with van der Waals surface area (Å²) in [4.78, 5) is 36.6. The van der Waals surface area contributed by atoms with Gasteiger partial charge in [-0.1, -0.05) is 31.0 Å². The van der Waals surface area contributed by atoms with Crippen LogP contribution in [0.2, 0.25) is 5.02 Å². The van der Waals surface area contributed by atoms with Gasteiger partial charge in [0.2, 0.25) is 0 Å². The van der Waals surface area contributed by atoms with Crippen molar-refractivity contribution in [3.05, 3.63) is 51.2 Å². The summed E-state index contributed by atoms with van der Waals surface area (Å²) in [5.74, 6) is -1.44. The SMILES string of the molecule is CCCCNC(=O)COC(=O)c1ccc(Cl)cc1NC(=O)c1cccs1. The number of thiophene rings is 1. The Morgan fingerprint density at radius 1 is 1.23 bits per heavy atom. The molecule has 0 fully saturated rings. The Hall–Kier alpha value is -2.38. The van der Waals surface area contributed by atoms with Crippen LogP contribution in [0.15, 0.2) is 35.7 Å². The van der Waals surface area contributed by atoms with Gasteiger partial charge in [0.15, 0.2) is 6.61 Å². The van der Waals surface area contributed by atoms with Crippen molar-refractivity contribution in [1.29, 1.82) is 0 Å². The van der Waals surface area contributed by atoms with Crippen molar-refractivity contribution in [2.75, 3.05) is 18.5 Å². The van der Waals surface area contributed by atoms with Crippen LogP contribution in [-0.4, -0.2) is 30.9 Å². The normalized spacial score (nSPS) is 10.2. The molecule has 1 aromatic carbocycles. The zero-order valence-electron chi connectivity index (χ0n) is 14.2. The molecule has 2 N–H and O–H groups in total. The Labute approximate surface area is 160 Å². The third-order valence-corrected chi connectivity index (χ3v) is 4.49. The molecule has 0 bridgehead atoms. The van der Waals surface area contributed by atoms with Crippen LogP contribution in [0.1, 0.15) is 39.8 Å². The van der Waals surface area contributed by atoms with Crippen molar-refractivity contribution in [3.8, 4) is 0 Å². The lowest BCUT2D eigenvalue weighted by Gasteiger charge is -2.11. The van der Waals surface area contributed by atoms with Gasteiger partial charge in [0.05, 0.1) is 16.1 Å². The van der Waals surface area contributed by atoms with Gasteiger partial charge in [-0.05, 0) is 36.1 Å². The van der Waals surface area contributed by atoms with Gasteiger partial charge < -0.3 is 15.4 Å². The Bertz CT molecular complexity index is 778. The number of unbranched alkanes of at least 4 members (excludes halogenated alkanes) is 1. The molecule has 2 amide bonds. The Morgan fingerprint density at radius 2 is 2.04 bits per heavy atom. The molecular formula is C18H19ClN2O4S. The molecule has 0 aliphatic heterocycles. The van der Waals surface area contributed by atoms with Crippen molar-refractivity contribution in [2.24, 2.45) is 0 Å². The fourth-order valence-corrected chi connectivity index (χ4v) is 2.85. The van der Waals surface area contributed by atoms with E-state index in [9.17, 15) is 14.4 Å². The zero-order chi connectivity index (χ0) is 18.9. The summed E-state index contributed by atoms with van der Waals surface area (Å²) in [6.45, 7) is 2.16. The number of anilines is 1. The van der Waals surface area contributed by atoms with Gasteiger partial charge in [0.25, 0.3) is 11.8 Å². The van der Waals surface area contributed by atoms with Crippen molar-refractivity contribution in [2.45, 2.75) is 19.8 Å². The van der Waals surface area contributed by atoms with Crippen LogP contribution in [0, 0.1) is 0 Å². The van der Waals surface area contributed by atoms with Gasteiger partial charge >= 0.3 is 5.97 Å². The summed E-state index contributed by atoms with van der Waals surface area (Å²) in [5, 5.41) is 7.45. The predicted octanol–water partition coefficient (Wildman–Crippen LogP) is 3.73. The molecule has 0 spiro atoms. The lowest BCUT2D eigenvalue weighted by molar-refractivity contribution is -0.124. The Morgan fingerprint density at radius 3 is 2.73 bits per heavy atom. The minimum atomic E-state index is -0.714. The highest BCUT2D eigenvalue weighted by Gasteiger charge is 2.17. The van der Waals surface area contributed by atoms with Gasteiger partial charge in [-0.2, -0.15) is 0 Å². The van der Waals surface area contributed by atoms with Gasteiger partial charge in [-0.15, -0.1) is 11.3 Å². The first-order valence-corrected chi connectivity index (χ1v) is 9.35. The van der Waals surface area contributed by atoms with Crippen molar-refractivity contribution in [3.63, 3.8) is 0 Å². The quantitative estimate of drug-likeness (QED) is 0.527. The van der Waals surface area contributed by atoms with Crippen molar-refractivity contribution < 1.29 is 19.1 Å². The highest BCUT2D eigenvalue weighted by atomic mass is 35.5. The highest BCUT2D eigenvalue weighted by molar-refractivity contribution is 7.12. The molecule has 0 unspecified atom stereocenters. The Kier molecular flexibility index (Phi) is 7.62. The molecule has 0 atom stereocenters. The van der Waals surface area contributed by atoms with Crippen molar-refractivity contribution in [1.82, 2.24) is 5.32 Å². The minimum Gasteiger partial charge on any atom is -0.452 e. The first-order valence-electron chi connectivity index (χ1n) is 8.09. The second-order valence-corrected chi connectivity index (χ2v) is 6.79. The molecule has 0 aliphatic carbocycles. The van der Waals surface area contributed by atoms with E-state index in [1.807, 2.05) is 6.92 Å². The Balaban J connectivity index is 2.02. The summed E-state index contributed by atoms with van der Waals surface area (Å²) < 4.78 is 5.03. The largest absolute Gasteiger partial charge is 0.452 e. The number of nitrogens with one attached hydrogen (secondary N) is 2. The molecule has 8 heteroatoms. The third-order valence-electron chi connectivity index (χ3n) is 3.38. The molecule has 0 saturated carbocycles. The van der Waals surface area contributed by atoms with Crippen LogP contribution in [0.25, 0.3) is 0 Å². The number of benzene rings is 1. The number of rotatable bonds is 8. The van der Waals surface area contributed by atoms with Gasteiger partial charge in [0, 0.05) is 11.6 Å². The average molecular weight is 395 g/mol. The molecule has 0 saturated heterocycles. The molecule has 1 heterocycles. The molecular weight excluding hydrogens is 376 g/mol. The fourth-order valence-electron chi connectivity index (χ4n) is 2.05. The molecule has 6 nitrogen and oxygen atoms in total. The number of carbonyl (C=O) groups excluding carboxylic acids is 3. The second-order valence-electron chi connectivity index (χ2n) is 5.40. The molecule has 26 heavy (non-hydrogen) atoms. The van der Waals surface area contributed by atoms with E-state index in [2.05, 4.69) is 10.6 Å². The first-order chi connectivity index (χ1) is 12.5. The zero-order valence-corrected chi connectivity index (χ0v) is 15.8. The van der Waals surface area contributed by atoms with E-state index in [0.717, 1.165) is 12.8 Å². The maximum atomic E-state index is 12.3. The molecule has 2 rings (SSSR count). The highest BCUT2D eigenvalue weighted by Crippen LogP contribution is 2.23. The number of ether oxygens (including phenoxy) is 1. The van der Waals surface area contributed by atoms with Crippen molar-refractivity contribution >= 4 is 46.4 Å². The summed E-state index contributed by atoms with van der Waals surface area (Å²) in [7, 11) is 0. The van der Waals surface area contributed by atoms with E-state index >= 15 is 0 Å². The lowest BCUT2D eigenvalue weighted by atomic mass is 10.1. The van der Waals surface area contributed by atoms with E-state index in [4.69, 9.17) is 16.3 Å². The van der Waals surface area contributed by atoms with Crippen LogP contribution >= 0.6 is 22.9 Å². The first kappa shape index (κ1) is 19.9. The van der Waals surface area contributed by atoms with Crippen LogP contribution < -0.4 is 10.6 Å². The van der Waals surface area contributed by atoms with Crippen LogP contribution in [0.5, 0.6) is 0 Å². The van der Waals surface area contributed by atoms with E-state index in [0.29, 0.717) is 16.4 Å². The minimum absolute atomic E-state index is 0.126. The summed E-state index contributed by atoms with van der Waals surface area (Å²) >= 11 is 7.24. The fraction of sp³-hybridized carbons (Fsp3) is 0.278. The summed E-state index contributed by atoms with van der Waals surface area (Å²) in [6.07, 6.45) is 1.81. The van der Waals surface area contributed by atoms with E-state index in [-0.39, 0.29) is 29.7 Å². The van der Waals surface area contributed by atoms with Gasteiger partial charge in [0.1, 0.15) is 0 Å². The average Bonchev–Trinajstić information content (AvgIpc) is 3.15. The maximum Gasteiger partial charge on any atom is 0.340 e. The lowest BCUT2D eigenvalue weighted by Crippen LogP contribution is -2.29. The number of amides is 2.